The average Bonchev–Trinajstić information content (AvgIpc) is 2.26. The Morgan fingerprint density at radius 1 is 1.32 bits per heavy atom. The second kappa shape index (κ2) is 6.19. The summed E-state index contributed by atoms with van der Waals surface area (Å²) in [7, 11) is -2.14. The lowest BCUT2D eigenvalue weighted by molar-refractivity contribution is -0.138. The van der Waals surface area contributed by atoms with Crippen molar-refractivity contribution in [2.24, 2.45) is 0 Å². The molecule has 0 heterocycles. The van der Waals surface area contributed by atoms with Crippen molar-refractivity contribution in [1.29, 1.82) is 0 Å². The third kappa shape index (κ3) is 4.43. The number of hydrogen-bond donors (Lipinski definition) is 2. The fraction of sp³-hybridized carbons (Fsp3) is 0.917. The lowest BCUT2D eigenvalue weighted by atomic mass is 9.80. The van der Waals surface area contributed by atoms with Gasteiger partial charge in [-0.1, -0.05) is 19.3 Å². The van der Waals surface area contributed by atoms with E-state index in [2.05, 4.69) is 4.72 Å². The molecule has 1 aliphatic rings. The van der Waals surface area contributed by atoms with E-state index in [1.807, 2.05) is 0 Å². The van der Waals surface area contributed by atoms with Crippen LogP contribution in [0, 0.1) is 0 Å². The minimum atomic E-state index is -3.64. The number of rotatable bonds is 6. The summed E-state index contributed by atoms with van der Waals surface area (Å²) in [5.41, 5.74) is -0.827. The first-order chi connectivity index (χ1) is 8.68. The van der Waals surface area contributed by atoms with Crippen molar-refractivity contribution in [1.82, 2.24) is 9.03 Å². The molecule has 0 spiro atoms. The van der Waals surface area contributed by atoms with Crippen LogP contribution < -0.4 is 4.72 Å². The zero-order chi connectivity index (χ0) is 14.7. The molecule has 6 nitrogen and oxygen atoms in total. The maximum atomic E-state index is 12.2. The van der Waals surface area contributed by atoms with Crippen LogP contribution in [0.4, 0.5) is 0 Å². The number of aliphatic carboxylic acids is 1. The predicted molar refractivity (Wildman–Crippen MR) is 73.0 cm³/mol. The van der Waals surface area contributed by atoms with Gasteiger partial charge in [0.25, 0.3) is 10.2 Å². The van der Waals surface area contributed by atoms with Gasteiger partial charge in [-0.25, -0.2) is 0 Å². The molecule has 0 aromatic rings. The largest absolute Gasteiger partial charge is 0.481 e. The van der Waals surface area contributed by atoms with Crippen LogP contribution >= 0.6 is 0 Å². The second-order valence-corrected chi connectivity index (χ2v) is 7.36. The maximum Gasteiger partial charge on any atom is 0.305 e. The summed E-state index contributed by atoms with van der Waals surface area (Å²) in [6, 6.07) is -0.164. The highest BCUT2D eigenvalue weighted by Gasteiger charge is 2.39. The highest BCUT2D eigenvalue weighted by molar-refractivity contribution is 7.87. The van der Waals surface area contributed by atoms with Crippen LogP contribution in [-0.2, 0) is 15.0 Å². The van der Waals surface area contributed by atoms with Crippen molar-refractivity contribution < 1.29 is 18.3 Å². The Balaban J connectivity index is 2.91. The fourth-order valence-electron chi connectivity index (χ4n) is 2.46. The number of hydrogen-bond acceptors (Lipinski definition) is 3. The molecule has 1 rings (SSSR count). The van der Waals surface area contributed by atoms with Crippen molar-refractivity contribution >= 4 is 16.2 Å². The summed E-state index contributed by atoms with van der Waals surface area (Å²) >= 11 is 0. The van der Waals surface area contributed by atoms with E-state index in [0.29, 0.717) is 12.8 Å². The van der Waals surface area contributed by atoms with Gasteiger partial charge in [0.1, 0.15) is 0 Å². The van der Waals surface area contributed by atoms with Gasteiger partial charge in [-0.3, -0.25) is 4.79 Å². The summed E-state index contributed by atoms with van der Waals surface area (Å²) in [5, 5.41) is 9.03. The van der Waals surface area contributed by atoms with Crippen LogP contribution in [0.25, 0.3) is 0 Å². The molecule has 0 aliphatic heterocycles. The molecule has 1 fully saturated rings. The van der Waals surface area contributed by atoms with Crippen LogP contribution in [0.3, 0.4) is 0 Å². The minimum absolute atomic E-state index is 0.155. The predicted octanol–water partition coefficient (Wildman–Crippen LogP) is 1.34. The molecule has 0 aromatic heterocycles. The Bertz CT molecular complexity index is 413. The first-order valence-corrected chi connectivity index (χ1v) is 8.11. The van der Waals surface area contributed by atoms with Crippen LogP contribution in [0.5, 0.6) is 0 Å². The van der Waals surface area contributed by atoms with Gasteiger partial charge in [0, 0.05) is 18.6 Å². The third-order valence-corrected chi connectivity index (χ3v) is 5.62. The van der Waals surface area contributed by atoms with Crippen LogP contribution in [0.15, 0.2) is 0 Å². The SMILES string of the molecule is CC(C)N(C)S(=O)(=O)NC1(CC(=O)O)CCCCC1. The Kier molecular flexibility index (Phi) is 5.34. The molecular formula is C12H24N2O4S. The zero-order valence-electron chi connectivity index (χ0n) is 11.8. The molecule has 1 saturated carbocycles. The van der Waals surface area contributed by atoms with Crippen LogP contribution in [-0.4, -0.2) is 42.4 Å². The number of carboxylic acids is 1. The summed E-state index contributed by atoms with van der Waals surface area (Å²) in [5.74, 6) is -0.961. The van der Waals surface area contributed by atoms with Crippen molar-refractivity contribution in [2.45, 2.75) is 64.0 Å². The Hall–Kier alpha value is -0.660. The van der Waals surface area contributed by atoms with E-state index in [1.165, 1.54) is 11.4 Å². The number of carboxylic acid groups (broad SMARTS) is 1. The van der Waals surface area contributed by atoms with Gasteiger partial charge >= 0.3 is 5.97 Å². The lowest BCUT2D eigenvalue weighted by Gasteiger charge is -2.38. The van der Waals surface area contributed by atoms with Crippen LogP contribution in [0.2, 0.25) is 0 Å². The lowest BCUT2D eigenvalue weighted by Crippen LogP contribution is -2.55. The molecule has 0 bridgehead atoms. The smallest absolute Gasteiger partial charge is 0.305 e. The van der Waals surface area contributed by atoms with E-state index in [0.717, 1.165) is 19.3 Å². The average molecular weight is 292 g/mol. The maximum absolute atomic E-state index is 12.2. The topological polar surface area (TPSA) is 86.7 Å². The van der Waals surface area contributed by atoms with Gasteiger partial charge in [0.05, 0.1) is 6.42 Å². The fourth-order valence-corrected chi connectivity index (χ4v) is 3.98. The van der Waals surface area contributed by atoms with E-state index in [9.17, 15) is 13.2 Å². The van der Waals surface area contributed by atoms with E-state index in [1.54, 1.807) is 13.8 Å². The molecule has 0 atom stereocenters. The molecular weight excluding hydrogens is 268 g/mol. The molecule has 0 aromatic carbocycles. The van der Waals surface area contributed by atoms with Crippen molar-refractivity contribution in [3.8, 4) is 0 Å². The Labute approximate surface area is 115 Å². The molecule has 19 heavy (non-hydrogen) atoms. The molecule has 0 radical (unpaired) electrons. The van der Waals surface area contributed by atoms with E-state index in [4.69, 9.17) is 5.11 Å². The highest BCUT2D eigenvalue weighted by atomic mass is 32.2. The number of nitrogens with one attached hydrogen (secondary N) is 1. The molecule has 2 N–H and O–H groups in total. The van der Waals surface area contributed by atoms with Gasteiger partial charge in [-0.05, 0) is 26.7 Å². The minimum Gasteiger partial charge on any atom is -0.481 e. The van der Waals surface area contributed by atoms with Gasteiger partial charge in [0.2, 0.25) is 0 Å². The second-order valence-electron chi connectivity index (χ2n) is 5.63. The monoisotopic (exact) mass is 292 g/mol. The molecule has 112 valence electrons. The first-order valence-electron chi connectivity index (χ1n) is 6.67. The Morgan fingerprint density at radius 3 is 2.26 bits per heavy atom. The molecule has 0 amide bonds. The summed E-state index contributed by atoms with van der Waals surface area (Å²) in [4.78, 5) is 11.0. The van der Waals surface area contributed by atoms with E-state index >= 15 is 0 Å². The standard InChI is InChI=1S/C12H24N2O4S/c1-10(2)14(3)19(17,18)13-12(9-11(15)16)7-5-4-6-8-12/h10,13H,4-9H2,1-3H3,(H,15,16). The summed E-state index contributed by atoms with van der Waals surface area (Å²) in [6.07, 6.45) is 3.78. The quantitative estimate of drug-likeness (QED) is 0.773. The Morgan fingerprint density at radius 2 is 1.84 bits per heavy atom. The van der Waals surface area contributed by atoms with Crippen molar-refractivity contribution in [2.75, 3.05) is 7.05 Å². The van der Waals surface area contributed by atoms with E-state index < -0.39 is 21.7 Å². The first kappa shape index (κ1) is 16.4. The van der Waals surface area contributed by atoms with Crippen molar-refractivity contribution in [3.63, 3.8) is 0 Å². The van der Waals surface area contributed by atoms with E-state index in [-0.39, 0.29) is 12.5 Å². The number of carbonyl (C=O) groups is 1. The summed E-state index contributed by atoms with van der Waals surface area (Å²) < 4.78 is 28.4. The molecule has 1 aliphatic carbocycles. The number of nitrogens with zero attached hydrogens (tertiary/aromatic N) is 1. The normalized spacial score (nSPS) is 19.8. The third-order valence-electron chi connectivity index (χ3n) is 3.75. The van der Waals surface area contributed by atoms with Crippen LogP contribution in [0.1, 0.15) is 52.4 Å². The zero-order valence-corrected chi connectivity index (χ0v) is 12.7. The van der Waals surface area contributed by atoms with Gasteiger partial charge < -0.3 is 5.11 Å². The van der Waals surface area contributed by atoms with Gasteiger partial charge in [0.15, 0.2) is 0 Å². The van der Waals surface area contributed by atoms with Gasteiger partial charge in [-0.2, -0.15) is 17.4 Å². The molecule has 0 saturated heterocycles. The van der Waals surface area contributed by atoms with Gasteiger partial charge in [-0.15, -0.1) is 0 Å². The molecule has 7 heteroatoms. The highest BCUT2D eigenvalue weighted by Crippen LogP contribution is 2.32. The molecule has 0 unspecified atom stereocenters. The summed E-state index contributed by atoms with van der Waals surface area (Å²) in [6.45, 7) is 3.56. The van der Waals surface area contributed by atoms with Crippen molar-refractivity contribution in [3.05, 3.63) is 0 Å².